The van der Waals surface area contributed by atoms with Crippen LogP contribution in [-0.2, 0) is 10.0 Å². The number of hydrogen-bond donors (Lipinski definition) is 1. The molecule has 1 heterocycles. The maximum atomic E-state index is 12.9. The fourth-order valence-corrected chi connectivity index (χ4v) is 5.09. The molecule has 0 saturated carbocycles. The van der Waals surface area contributed by atoms with Crippen molar-refractivity contribution in [1.29, 1.82) is 0 Å². The number of benzene rings is 1. The van der Waals surface area contributed by atoms with Gasteiger partial charge in [-0.05, 0) is 45.0 Å². The predicted molar refractivity (Wildman–Crippen MR) is 111 cm³/mol. The quantitative estimate of drug-likeness (QED) is 0.494. The second-order valence-corrected chi connectivity index (χ2v) is 9.22. The summed E-state index contributed by atoms with van der Waals surface area (Å²) in [4.78, 5) is 13.3. The van der Waals surface area contributed by atoms with E-state index in [2.05, 4.69) is 24.1 Å². The third-order valence-electron chi connectivity index (χ3n) is 5.20. The van der Waals surface area contributed by atoms with Crippen molar-refractivity contribution in [3.63, 3.8) is 0 Å². The van der Waals surface area contributed by atoms with E-state index in [1.165, 1.54) is 22.5 Å². The molecule has 1 aliphatic rings. The summed E-state index contributed by atoms with van der Waals surface area (Å²) in [5.74, 6) is 0. The summed E-state index contributed by atoms with van der Waals surface area (Å²) in [6.45, 7) is 9.59. The Bertz CT molecular complexity index is 757. The van der Waals surface area contributed by atoms with Crippen LogP contribution in [-0.4, -0.2) is 61.3 Å². The zero-order valence-electron chi connectivity index (χ0n) is 17.1. The summed E-state index contributed by atoms with van der Waals surface area (Å²) in [7, 11) is -3.72. The predicted octanol–water partition coefficient (Wildman–Crippen LogP) is 3.30. The molecule has 1 aromatic carbocycles. The first-order chi connectivity index (χ1) is 13.3. The van der Waals surface area contributed by atoms with Gasteiger partial charge in [0.2, 0.25) is 10.0 Å². The Kier molecular flexibility index (Phi) is 8.21. The zero-order valence-corrected chi connectivity index (χ0v) is 17.9. The van der Waals surface area contributed by atoms with E-state index in [1.807, 2.05) is 6.92 Å². The molecule has 1 aromatic rings. The molecule has 9 heteroatoms. The Balaban J connectivity index is 2.25. The molecule has 8 nitrogen and oxygen atoms in total. The normalized spacial score (nSPS) is 17.3. The number of hydrogen-bond acceptors (Lipinski definition) is 6. The van der Waals surface area contributed by atoms with Crippen LogP contribution in [0.2, 0.25) is 0 Å². The first-order valence-electron chi connectivity index (χ1n) is 10.1. The number of nitrogens with one attached hydrogen (secondary N) is 1. The average Bonchev–Trinajstić information content (AvgIpc) is 2.96. The molecule has 1 saturated heterocycles. The summed E-state index contributed by atoms with van der Waals surface area (Å²) in [6.07, 6.45) is 3.67. The molecule has 1 atom stereocenters. The molecular formula is C19H32N4O4S. The van der Waals surface area contributed by atoms with Crippen molar-refractivity contribution >= 4 is 21.4 Å². The third-order valence-corrected chi connectivity index (χ3v) is 7.09. The Morgan fingerprint density at radius 2 is 1.79 bits per heavy atom. The van der Waals surface area contributed by atoms with Gasteiger partial charge in [0.15, 0.2) is 0 Å². The van der Waals surface area contributed by atoms with Crippen LogP contribution in [0.5, 0.6) is 0 Å². The lowest BCUT2D eigenvalue weighted by Gasteiger charge is -2.24. The highest BCUT2D eigenvalue weighted by Gasteiger charge is 2.28. The second-order valence-electron chi connectivity index (χ2n) is 7.29. The maximum Gasteiger partial charge on any atom is 0.293 e. The first-order valence-corrected chi connectivity index (χ1v) is 11.5. The number of sulfonamides is 1. The molecule has 28 heavy (non-hydrogen) atoms. The van der Waals surface area contributed by atoms with Crippen LogP contribution >= 0.6 is 0 Å². The third kappa shape index (κ3) is 5.65. The molecule has 0 aliphatic carbocycles. The smallest absolute Gasteiger partial charge is 0.293 e. The van der Waals surface area contributed by atoms with E-state index in [1.54, 1.807) is 0 Å². The van der Waals surface area contributed by atoms with Crippen molar-refractivity contribution in [1.82, 2.24) is 9.21 Å². The van der Waals surface area contributed by atoms with Crippen molar-refractivity contribution < 1.29 is 13.3 Å². The molecule has 0 unspecified atom stereocenters. The van der Waals surface area contributed by atoms with Gasteiger partial charge < -0.3 is 10.2 Å². The van der Waals surface area contributed by atoms with Crippen molar-refractivity contribution in [2.75, 3.05) is 38.0 Å². The van der Waals surface area contributed by atoms with Crippen LogP contribution in [0.25, 0.3) is 0 Å². The first kappa shape index (κ1) is 22.6. The fraction of sp³-hybridized carbons (Fsp3) is 0.684. The van der Waals surface area contributed by atoms with E-state index >= 15 is 0 Å². The van der Waals surface area contributed by atoms with Gasteiger partial charge in [-0.25, -0.2) is 8.42 Å². The van der Waals surface area contributed by atoms with Crippen LogP contribution in [0, 0.1) is 10.1 Å². The molecule has 1 fully saturated rings. The number of likely N-dealkylation sites (N-methyl/N-ethyl adjacent to an activating group) is 1. The molecule has 158 valence electrons. The van der Waals surface area contributed by atoms with Gasteiger partial charge in [0.05, 0.1) is 9.82 Å². The molecule has 1 aliphatic heterocycles. The van der Waals surface area contributed by atoms with Crippen LogP contribution in [0.15, 0.2) is 23.1 Å². The van der Waals surface area contributed by atoms with Gasteiger partial charge >= 0.3 is 0 Å². The fourth-order valence-electron chi connectivity index (χ4n) is 3.56. The molecule has 2 rings (SSSR count). The molecular weight excluding hydrogens is 380 g/mol. The Morgan fingerprint density at radius 1 is 1.18 bits per heavy atom. The highest BCUT2D eigenvalue weighted by Crippen LogP contribution is 2.30. The minimum Gasteiger partial charge on any atom is -0.376 e. The monoisotopic (exact) mass is 412 g/mol. The number of rotatable bonds is 9. The van der Waals surface area contributed by atoms with Crippen LogP contribution in [0.3, 0.4) is 0 Å². The van der Waals surface area contributed by atoms with Gasteiger partial charge in [0.25, 0.3) is 5.69 Å². The largest absolute Gasteiger partial charge is 0.376 e. The Morgan fingerprint density at radius 3 is 2.32 bits per heavy atom. The molecule has 0 radical (unpaired) electrons. The number of nitro groups is 1. The lowest BCUT2D eigenvalue weighted by atomic mass is 10.2. The van der Waals surface area contributed by atoms with Crippen molar-refractivity contribution in [3.05, 3.63) is 28.3 Å². The van der Waals surface area contributed by atoms with Gasteiger partial charge in [-0.2, -0.15) is 4.31 Å². The van der Waals surface area contributed by atoms with E-state index in [9.17, 15) is 18.5 Å². The molecule has 0 aromatic heterocycles. The maximum absolute atomic E-state index is 12.9. The van der Waals surface area contributed by atoms with Gasteiger partial charge in [-0.1, -0.05) is 26.7 Å². The van der Waals surface area contributed by atoms with E-state index in [0.717, 1.165) is 45.3 Å². The van der Waals surface area contributed by atoms with Gasteiger partial charge in [-0.15, -0.1) is 0 Å². The van der Waals surface area contributed by atoms with E-state index < -0.39 is 14.9 Å². The van der Waals surface area contributed by atoms with Gasteiger partial charge in [0, 0.05) is 31.7 Å². The second kappa shape index (κ2) is 10.2. The van der Waals surface area contributed by atoms with Crippen LogP contribution in [0.4, 0.5) is 11.4 Å². The van der Waals surface area contributed by atoms with Crippen molar-refractivity contribution in [2.45, 2.75) is 57.4 Å². The average molecular weight is 413 g/mol. The standard InChI is InChI=1S/C19H32N4O4S/c1-4-21(5-2)15-16(3)20-18-11-10-17(14-19(18)23(24)25)28(26,27)22-12-8-6-7-9-13-22/h10-11,14,16,20H,4-9,12-13,15H2,1-3H3/t16-/m1/s1. The highest BCUT2D eigenvalue weighted by molar-refractivity contribution is 7.89. The highest BCUT2D eigenvalue weighted by atomic mass is 32.2. The molecule has 1 N–H and O–H groups in total. The van der Waals surface area contributed by atoms with E-state index in [-0.39, 0.29) is 16.6 Å². The van der Waals surface area contributed by atoms with Gasteiger partial charge in [0.1, 0.15) is 5.69 Å². The van der Waals surface area contributed by atoms with Crippen molar-refractivity contribution in [3.8, 4) is 0 Å². The topological polar surface area (TPSA) is 95.8 Å². The number of anilines is 1. The lowest BCUT2D eigenvalue weighted by molar-refractivity contribution is -0.384. The summed E-state index contributed by atoms with van der Waals surface area (Å²) in [5, 5.41) is 14.8. The number of nitro benzene ring substituents is 1. The van der Waals surface area contributed by atoms with Crippen LogP contribution < -0.4 is 5.32 Å². The SMILES string of the molecule is CCN(CC)C[C@@H](C)Nc1ccc(S(=O)(=O)N2CCCCCC2)cc1[N+](=O)[O-]. The minimum absolute atomic E-state index is 0.00772. The van der Waals surface area contributed by atoms with Crippen LogP contribution in [0.1, 0.15) is 46.5 Å². The summed E-state index contributed by atoms with van der Waals surface area (Å²) in [5.41, 5.74) is 0.141. The lowest BCUT2D eigenvalue weighted by Crippen LogP contribution is -2.35. The zero-order chi connectivity index (χ0) is 20.7. The van der Waals surface area contributed by atoms with Crippen molar-refractivity contribution in [2.24, 2.45) is 0 Å². The number of nitrogens with zero attached hydrogens (tertiary/aromatic N) is 3. The summed E-state index contributed by atoms with van der Waals surface area (Å²) >= 11 is 0. The van der Waals surface area contributed by atoms with Gasteiger partial charge in [-0.3, -0.25) is 10.1 Å². The molecule has 0 amide bonds. The molecule has 0 spiro atoms. The molecule has 0 bridgehead atoms. The Hall–Kier alpha value is -1.71. The van der Waals surface area contributed by atoms with E-state index in [4.69, 9.17) is 0 Å². The summed E-state index contributed by atoms with van der Waals surface area (Å²) in [6, 6.07) is 4.17. The summed E-state index contributed by atoms with van der Waals surface area (Å²) < 4.78 is 27.3. The Labute approximate surface area is 168 Å². The minimum atomic E-state index is -3.72. The van der Waals surface area contributed by atoms with E-state index in [0.29, 0.717) is 18.8 Å².